The standard InChI is InChI=1S/C18H27N3OSi.ClH/c1-6-16-17(14-7-9-15(19)10-8-14)18(21-20-16)13(2)22-11-12-23(3,4)5;/h6-10,13H,1,11-12,19H2,2-5H3,(H,20,21);1H. The highest BCUT2D eigenvalue weighted by Crippen LogP contribution is 2.32. The molecule has 24 heavy (non-hydrogen) atoms. The lowest BCUT2D eigenvalue weighted by Crippen LogP contribution is -2.22. The molecular weight excluding hydrogens is 338 g/mol. The van der Waals surface area contributed by atoms with E-state index in [1.54, 1.807) is 6.08 Å². The molecule has 4 nitrogen and oxygen atoms in total. The van der Waals surface area contributed by atoms with Gasteiger partial charge >= 0.3 is 0 Å². The molecule has 1 heterocycles. The highest BCUT2D eigenvalue weighted by atomic mass is 35.5. The second-order valence-corrected chi connectivity index (χ2v) is 12.7. The molecule has 3 N–H and O–H groups in total. The Morgan fingerprint density at radius 1 is 1.29 bits per heavy atom. The summed E-state index contributed by atoms with van der Waals surface area (Å²) in [5.41, 5.74) is 10.5. The van der Waals surface area contributed by atoms with Gasteiger partial charge < -0.3 is 10.5 Å². The number of anilines is 1. The quantitative estimate of drug-likeness (QED) is 0.527. The van der Waals surface area contributed by atoms with Crippen LogP contribution in [0.5, 0.6) is 0 Å². The molecule has 0 radical (unpaired) electrons. The van der Waals surface area contributed by atoms with Crippen molar-refractivity contribution in [3.63, 3.8) is 0 Å². The Morgan fingerprint density at radius 3 is 2.46 bits per heavy atom. The summed E-state index contributed by atoms with van der Waals surface area (Å²) in [7, 11) is -1.09. The zero-order valence-corrected chi connectivity index (χ0v) is 16.7. The van der Waals surface area contributed by atoms with Crippen molar-refractivity contribution in [2.75, 3.05) is 12.3 Å². The van der Waals surface area contributed by atoms with Crippen LogP contribution in [0.15, 0.2) is 30.8 Å². The summed E-state index contributed by atoms with van der Waals surface area (Å²) < 4.78 is 6.04. The first kappa shape index (κ1) is 20.5. The molecule has 0 saturated carbocycles. The molecule has 0 aliphatic heterocycles. The zero-order valence-electron chi connectivity index (χ0n) is 14.9. The fraction of sp³-hybridized carbons (Fsp3) is 0.389. The molecule has 132 valence electrons. The van der Waals surface area contributed by atoms with Crippen molar-refractivity contribution in [1.82, 2.24) is 10.2 Å². The third kappa shape index (κ3) is 5.23. The molecule has 2 aromatic rings. The van der Waals surface area contributed by atoms with Gasteiger partial charge in [-0.1, -0.05) is 38.4 Å². The van der Waals surface area contributed by atoms with Crippen molar-refractivity contribution < 1.29 is 4.74 Å². The maximum atomic E-state index is 6.04. The Morgan fingerprint density at radius 2 is 1.92 bits per heavy atom. The van der Waals surface area contributed by atoms with Gasteiger partial charge in [0, 0.05) is 25.9 Å². The lowest BCUT2D eigenvalue weighted by Gasteiger charge is -2.18. The van der Waals surface area contributed by atoms with Gasteiger partial charge in [0.15, 0.2) is 0 Å². The summed E-state index contributed by atoms with van der Waals surface area (Å²) in [5, 5.41) is 7.51. The van der Waals surface area contributed by atoms with Crippen molar-refractivity contribution >= 4 is 32.2 Å². The van der Waals surface area contributed by atoms with Crippen LogP contribution < -0.4 is 5.73 Å². The van der Waals surface area contributed by atoms with E-state index >= 15 is 0 Å². The van der Waals surface area contributed by atoms with Crippen LogP contribution in [-0.2, 0) is 4.74 Å². The highest BCUT2D eigenvalue weighted by Gasteiger charge is 2.20. The van der Waals surface area contributed by atoms with Crippen LogP contribution in [-0.4, -0.2) is 24.9 Å². The van der Waals surface area contributed by atoms with Crippen LogP contribution in [0.3, 0.4) is 0 Å². The van der Waals surface area contributed by atoms with Crippen molar-refractivity contribution in [3.05, 3.63) is 42.2 Å². The maximum Gasteiger partial charge on any atom is 0.0992 e. The average Bonchev–Trinajstić information content (AvgIpc) is 2.90. The minimum Gasteiger partial charge on any atom is -0.399 e. The number of rotatable bonds is 7. The number of benzene rings is 1. The third-order valence-electron chi connectivity index (χ3n) is 3.83. The fourth-order valence-electron chi connectivity index (χ4n) is 2.39. The predicted molar refractivity (Wildman–Crippen MR) is 108 cm³/mol. The molecule has 0 bridgehead atoms. The third-order valence-corrected chi connectivity index (χ3v) is 5.53. The van der Waals surface area contributed by atoms with E-state index in [-0.39, 0.29) is 18.5 Å². The molecule has 1 aromatic heterocycles. The lowest BCUT2D eigenvalue weighted by atomic mass is 10.0. The van der Waals surface area contributed by atoms with Crippen LogP contribution in [0, 0.1) is 0 Å². The Labute approximate surface area is 151 Å². The molecule has 2 rings (SSSR count). The van der Waals surface area contributed by atoms with E-state index in [9.17, 15) is 0 Å². The number of ether oxygens (including phenoxy) is 1. The van der Waals surface area contributed by atoms with Crippen LogP contribution in [0.2, 0.25) is 25.7 Å². The van der Waals surface area contributed by atoms with Gasteiger partial charge in [-0.05, 0) is 36.7 Å². The second kappa shape index (κ2) is 8.51. The number of nitrogens with zero attached hydrogens (tertiary/aromatic N) is 1. The fourth-order valence-corrected chi connectivity index (χ4v) is 3.12. The van der Waals surface area contributed by atoms with Crippen LogP contribution >= 0.6 is 12.4 Å². The van der Waals surface area contributed by atoms with Crippen LogP contribution in [0.4, 0.5) is 5.69 Å². The SMILES string of the molecule is C=Cc1[nH]nc(C(C)OCC[Si](C)(C)C)c1-c1ccc(N)cc1.Cl. The normalized spacial score (nSPS) is 12.5. The molecule has 1 atom stereocenters. The van der Waals surface area contributed by atoms with Gasteiger partial charge in [0.2, 0.25) is 0 Å². The number of aromatic nitrogens is 2. The number of nitrogens with one attached hydrogen (secondary N) is 1. The van der Waals surface area contributed by atoms with Gasteiger partial charge in [-0.2, -0.15) is 5.10 Å². The molecule has 6 heteroatoms. The minimum atomic E-state index is -1.09. The minimum absolute atomic E-state index is 0. The van der Waals surface area contributed by atoms with E-state index in [4.69, 9.17) is 10.5 Å². The second-order valence-electron chi connectivity index (χ2n) is 7.05. The van der Waals surface area contributed by atoms with E-state index in [2.05, 4.69) is 36.4 Å². The molecule has 0 amide bonds. The molecule has 0 saturated heterocycles. The monoisotopic (exact) mass is 365 g/mol. The Hall–Kier alpha value is -1.56. The average molecular weight is 366 g/mol. The number of hydrogen-bond donors (Lipinski definition) is 2. The Kier molecular flexibility index (Phi) is 7.26. The van der Waals surface area contributed by atoms with Gasteiger partial charge in [-0.15, -0.1) is 12.4 Å². The van der Waals surface area contributed by atoms with Gasteiger partial charge in [-0.3, -0.25) is 5.10 Å². The van der Waals surface area contributed by atoms with Crippen molar-refractivity contribution in [1.29, 1.82) is 0 Å². The van der Waals surface area contributed by atoms with Crippen LogP contribution in [0.1, 0.15) is 24.4 Å². The molecule has 0 spiro atoms. The number of aromatic amines is 1. The summed E-state index contributed by atoms with van der Waals surface area (Å²) in [6.45, 7) is 13.7. The van der Waals surface area contributed by atoms with Gasteiger partial charge in [0.1, 0.15) is 0 Å². The first-order valence-corrected chi connectivity index (χ1v) is 11.7. The number of H-pyrrole nitrogens is 1. The Balaban J connectivity index is 0.00000288. The number of hydrogen-bond acceptors (Lipinski definition) is 3. The molecule has 0 aliphatic carbocycles. The largest absolute Gasteiger partial charge is 0.399 e. The predicted octanol–water partition coefficient (Wildman–Crippen LogP) is 5.14. The maximum absolute atomic E-state index is 6.04. The van der Waals surface area contributed by atoms with Crippen molar-refractivity contribution in [2.45, 2.75) is 38.7 Å². The first-order chi connectivity index (χ1) is 10.8. The lowest BCUT2D eigenvalue weighted by molar-refractivity contribution is 0.0731. The highest BCUT2D eigenvalue weighted by molar-refractivity contribution is 6.76. The topological polar surface area (TPSA) is 63.9 Å². The molecule has 1 unspecified atom stereocenters. The molecule has 0 aliphatic rings. The smallest absolute Gasteiger partial charge is 0.0992 e. The van der Waals surface area contributed by atoms with Crippen LogP contribution in [0.25, 0.3) is 17.2 Å². The first-order valence-electron chi connectivity index (χ1n) is 8.00. The summed E-state index contributed by atoms with van der Waals surface area (Å²) in [6.07, 6.45) is 1.72. The molecule has 0 fully saturated rings. The summed E-state index contributed by atoms with van der Waals surface area (Å²) in [4.78, 5) is 0. The van der Waals surface area contributed by atoms with E-state index in [0.717, 1.165) is 40.9 Å². The number of halogens is 1. The van der Waals surface area contributed by atoms with E-state index in [1.165, 1.54) is 0 Å². The van der Waals surface area contributed by atoms with Crippen molar-refractivity contribution in [3.8, 4) is 11.1 Å². The van der Waals surface area contributed by atoms with Crippen molar-refractivity contribution in [2.24, 2.45) is 0 Å². The van der Waals surface area contributed by atoms with Gasteiger partial charge in [0.05, 0.1) is 17.5 Å². The van der Waals surface area contributed by atoms with E-state index < -0.39 is 8.07 Å². The van der Waals surface area contributed by atoms with Gasteiger partial charge in [-0.25, -0.2) is 0 Å². The Bertz CT molecular complexity index is 662. The summed E-state index contributed by atoms with van der Waals surface area (Å²) in [6, 6.07) is 8.95. The number of nitrogens with two attached hydrogens (primary N) is 1. The number of nitrogen functional groups attached to an aromatic ring is 1. The van der Waals surface area contributed by atoms with E-state index in [0.29, 0.717) is 0 Å². The summed E-state index contributed by atoms with van der Waals surface area (Å²) >= 11 is 0. The van der Waals surface area contributed by atoms with Gasteiger partial charge in [0.25, 0.3) is 0 Å². The summed E-state index contributed by atoms with van der Waals surface area (Å²) in [5.74, 6) is 0. The zero-order chi connectivity index (χ0) is 17.0. The molecular formula is C18H28ClN3OSi. The van der Waals surface area contributed by atoms with E-state index in [1.807, 2.05) is 31.2 Å². The molecule has 1 aromatic carbocycles.